The Balaban J connectivity index is 2.30. The fraction of sp³-hybridized carbons (Fsp3) is 0.385. The lowest BCUT2D eigenvalue weighted by Gasteiger charge is -2.22. The van der Waals surface area contributed by atoms with Crippen LogP contribution in [0, 0.1) is 6.92 Å². The smallest absolute Gasteiger partial charge is 0.326 e. The Hall–Kier alpha value is -1.59. The number of likely N-dealkylation sites (tertiary alicyclic amines) is 1. The number of carboxylic acid groups (broad SMARTS) is 1. The molecule has 1 heterocycles. The SMILES string of the molecule is Cc1cc(Cl)ccc1C(=O)N1CC(O)CC1C(=O)O. The van der Waals surface area contributed by atoms with E-state index in [1.165, 1.54) is 4.90 Å². The van der Waals surface area contributed by atoms with Crippen LogP contribution in [0.4, 0.5) is 0 Å². The monoisotopic (exact) mass is 283 g/mol. The molecule has 2 N–H and O–H groups in total. The highest BCUT2D eigenvalue weighted by Crippen LogP contribution is 2.23. The van der Waals surface area contributed by atoms with Crippen LogP contribution in [-0.2, 0) is 4.79 Å². The third kappa shape index (κ3) is 2.72. The van der Waals surface area contributed by atoms with Crippen LogP contribution in [0.3, 0.4) is 0 Å². The molecular weight excluding hydrogens is 270 g/mol. The number of aliphatic hydroxyl groups excluding tert-OH is 1. The number of halogens is 1. The summed E-state index contributed by atoms with van der Waals surface area (Å²) < 4.78 is 0. The molecule has 1 aromatic rings. The van der Waals surface area contributed by atoms with E-state index < -0.39 is 24.0 Å². The molecule has 1 aromatic carbocycles. The molecule has 0 radical (unpaired) electrons. The van der Waals surface area contributed by atoms with Crippen LogP contribution in [0.5, 0.6) is 0 Å². The van der Waals surface area contributed by atoms with Gasteiger partial charge in [0.25, 0.3) is 5.91 Å². The number of benzene rings is 1. The average molecular weight is 284 g/mol. The predicted molar refractivity (Wildman–Crippen MR) is 69.3 cm³/mol. The van der Waals surface area contributed by atoms with E-state index >= 15 is 0 Å². The Bertz CT molecular complexity index is 531. The molecule has 6 heteroatoms. The predicted octanol–water partition coefficient (Wildman–Crippen LogP) is 1.31. The normalized spacial score (nSPS) is 22.6. The number of β-amino-alcohol motifs (C(OH)–C–C–N with tert-alkyl or cyclic N) is 1. The van der Waals surface area contributed by atoms with Gasteiger partial charge in [-0.3, -0.25) is 4.79 Å². The summed E-state index contributed by atoms with van der Waals surface area (Å²) in [4.78, 5) is 24.7. The van der Waals surface area contributed by atoms with E-state index in [2.05, 4.69) is 0 Å². The van der Waals surface area contributed by atoms with Crippen LogP contribution in [0.15, 0.2) is 18.2 Å². The highest BCUT2D eigenvalue weighted by molar-refractivity contribution is 6.30. The Morgan fingerprint density at radius 1 is 1.42 bits per heavy atom. The summed E-state index contributed by atoms with van der Waals surface area (Å²) in [6.45, 7) is 1.78. The number of aliphatic carboxylic acids is 1. The van der Waals surface area contributed by atoms with Gasteiger partial charge < -0.3 is 15.1 Å². The molecule has 2 rings (SSSR count). The second-order valence-electron chi connectivity index (χ2n) is 4.66. The van der Waals surface area contributed by atoms with Gasteiger partial charge in [0.05, 0.1) is 6.10 Å². The standard InChI is InChI=1S/C13H14ClNO4/c1-7-4-8(14)2-3-10(7)12(17)15-6-9(16)5-11(15)13(18)19/h2-4,9,11,16H,5-6H2,1H3,(H,18,19). The lowest BCUT2D eigenvalue weighted by atomic mass is 10.1. The summed E-state index contributed by atoms with van der Waals surface area (Å²) in [5.41, 5.74) is 1.09. The maximum atomic E-state index is 12.3. The van der Waals surface area contributed by atoms with Gasteiger partial charge in [-0.25, -0.2) is 4.79 Å². The molecule has 0 saturated carbocycles. The molecule has 2 unspecified atom stereocenters. The van der Waals surface area contributed by atoms with Crippen LogP contribution >= 0.6 is 11.6 Å². The van der Waals surface area contributed by atoms with Crippen LogP contribution in [0.1, 0.15) is 22.3 Å². The first-order chi connectivity index (χ1) is 8.90. The van der Waals surface area contributed by atoms with E-state index in [-0.39, 0.29) is 13.0 Å². The maximum Gasteiger partial charge on any atom is 0.326 e. The third-order valence-corrected chi connectivity index (χ3v) is 3.48. The van der Waals surface area contributed by atoms with E-state index in [0.717, 1.165) is 0 Å². The van der Waals surface area contributed by atoms with Crippen molar-refractivity contribution in [3.05, 3.63) is 34.3 Å². The molecule has 5 nitrogen and oxygen atoms in total. The lowest BCUT2D eigenvalue weighted by Crippen LogP contribution is -2.40. The molecule has 19 heavy (non-hydrogen) atoms. The van der Waals surface area contributed by atoms with E-state index in [9.17, 15) is 14.7 Å². The summed E-state index contributed by atoms with van der Waals surface area (Å²) in [5.74, 6) is -1.49. The van der Waals surface area contributed by atoms with Crippen molar-refractivity contribution in [1.82, 2.24) is 4.90 Å². The minimum Gasteiger partial charge on any atom is -0.480 e. The zero-order valence-corrected chi connectivity index (χ0v) is 11.1. The fourth-order valence-corrected chi connectivity index (χ4v) is 2.52. The number of hydrogen-bond donors (Lipinski definition) is 2. The highest BCUT2D eigenvalue weighted by atomic mass is 35.5. The van der Waals surface area contributed by atoms with Gasteiger partial charge in [0.2, 0.25) is 0 Å². The van der Waals surface area contributed by atoms with Gasteiger partial charge in [0, 0.05) is 23.6 Å². The summed E-state index contributed by atoms with van der Waals surface area (Å²) in [7, 11) is 0. The Labute approximate surface area is 115 Å². The quantitative estimate of drug-likeness (QED) is 0.858. The number of hydrogen-bond acceptors (Lipinski definition) is 3. The molecule has 1 aliphatic heterocycles. The fourth-order valence-electron chi connectivity index (χ4n) is 2.29. The zero-order chi connectivity index (χ0) is 14.2. The molecule has 1 fully saturated rings. The van der Waals surface area contributed by atoms with Gasteiger partial charge in [0.1, 0.15) is 6.04 Å². The first kappa shape index (κ1) is 13.8. The number of aryl methyl sites for hydroxylation is 1. The third-order valence-electron chi connectivity index (χ3n) is 3.24. The van der Waals surface area contributed by atoms with Crippen molar-refractivity contribution >= 4 is 23.5 Å². The lowest BCUT2D eigenvalue weighted by molar-refractivity contribution is -0.141. The number of aliphatic hydroxyl groups is 1. The summed E-state index contributed by atoms with van der Waals surface area (Å²) in [5, 5.41) is 19.2. The molecule has 1 aliphatic rings. The van der Waals surface area contributed by atoms with E-state index in [1.54, 1.807) is 25.1 Å². The second kappa shape index (κ2) is 5.19. The molecule has 0 bridgehead atoms. The van der Waals surface area contributed by atoms with Crippen molar-refractivity contribution in [3.8, 4) is 0 Å². The summed E-state index contributed by atoms with van der Waals surface area (Å²) >= 11 is 5.82. The molecule has 0 aromatic heterocycles. The number of amides is 1. The second-order valence-corrected chi connectivity index (χ2v) is 5.10. The zero-order valence-electron chi connectivity index (χ0n) is 10.3. The van der Waals surface area contributed by atoms with Crippen molar-refractivity contribution in [1.29, 1.82) is 0 Å². The maximum absolute atomic E-state index is 12.3. The van der Waals surface area contributed by atoms with Crippen molar-refractivity contribution in [2.75, 3.05) is 6.54 Å². The van der Waals surface area contributed by atoms with Gasteiger partial charge in [0.15, 0.2) is 0 Å². The average Bonchev–Trinajstić information content (AvgIpc) is 2.70. The summed E-state index contributed by atoms with van der Waals surface area (Å²) in [6.07, 6.45) is -0.731. The molecule has 102 valence electrons. The number of rotatable bonds is 2. The minimum atomic E-state index is -1.10. The number of carboxylic acids is 1. The number of nitrogens with zero attached hydrogens (tertiary/aromatic N) is 1. The number of carbonyl (C=O) groups excluding carboxylic acids is 1. The molecule has 0 spiro atoms. The minimum absolute atomic E-state index is 0.0396. The van der Waals surface area contributed by atoms with Crippen molar-refractivity contribution in [2.24, 2.45) is 0 Å². The van der Waals surface area contributed by atoms with E-state index in [0.29, 0.717) is 16.1 Å². The van der Waals surface area contributed by atoms with Gasteiger partial charge in [-0.05, 0) is 30.7 Å². The molecule has 1 amide bonds. The Kier molecular flexibility index (Phi) is 3.78. The van der Waals surface area contributed by atoms with Crippen molar-refractivity contribution in [3.63, 3.8) is 0 Å². The van der Waals surface area contributed by atoms with Crippen LogP contribution in [0.2, 0.25) is 5.02 Å². The molecular formula is C13H14ClNO4. The van der Waals surface area contributed by atoms with Crippen molar-refractivity contribution in [2.45, 2.75) is 25.5 Å². The van der Waals surface area contributed by atoms with Crippen LogP contribution in [-0.4, -0.2) is 45.7 Å². The first-order valence-electron chi connectivity index (χ1n) is 5.88. The van der Waals surface area contributed by atoms with Gasteiger partial charge in [-0.15, -0.1) is 0 Å². The topological polar surface area (TPSA) is 77.8 Å². The van der Waals surface area contributed by atoms with Crippen molar-refractivity contribution < 1.29 is 19.8 Å². The van der Waals surface area contributed by atoms with Gasteiger partial charge in [-0.2, -0.15) is 0 Å². The number of carbonyl (C=O) groups is 2. The van der Waals surface area contributed by atoms with Gasteiger partial charge >= 0.3 is 5.97 Å². The molecule has 0 aliphatic carbocycles. The largest absolute Gasteiger partial charge is 0.480 e. The first-order valence-corrected chi connectivity index (χ1v) is 6.26. The Morgan fingerprint density at radius 2 is 2.11 bits per heavy atom. The highest BCUT2D eigenvalue weighted by Gasteiger charge is 2.39. The van der Waals surface area contributed by atoms with E-state index in [4.69, 9.17) is 16.7 Å². The van der Waals surface area contributed by atoms with Crippen LogP contribution in [0.25, 0.3) is 0 Å². The van der Waals surface area contributed by atoms with Gasteiger partial charge in [-0.1, -0.05) is 11.6 Å². The molecule has 2 atom stereocenters. The summed E-state index contributed by atoms with van der Waals surface area (Å²) in [6, 6.07) is 3.84. The Morgan fingerprint density at radius 3 is 2.68 bits per heavy atom. The van der Waals surface area contributed by atoms with Crippen LogP contribution < -0.4 is 0 Å². The van der Waals surface area contributed by atoms with E-state index in [1.807, 2.05) is 0 Å². The molecule has 1 saturated heterocycles.